The van der Waals surface area contributed by atoms with Crippen LogP contribution in [-0.4, -0.2) is 33.0 Å². The minimum atomic E-state index is -3.48. The highest BCUT2D eigenvalue weighted by molar-refractivity contribution is 7.89. The Bertz CT molecular complexity index is 1100. The lowest BCUT2D eigenvalue weighted by atomic mass is 10.00. The Morgan fingerprint density at radius 3 is 2.39 bits per heavy atom. The van der Waals surface area contributed by atoms with Crippen LogP contribution >= 0.6 is 12.4 Å². The van der Waals surface area contributed by atoms with E-state index in [1.807, 2.05) is 30.3 Å². The number of rotatable bonds is 9. The van der Waals surface area contributed by atoms with Crippen LogP contribution in [0.2, 0.25) is 0 Å². The van der Waals surface area contributed by atoms with Gasteiger partial charge in [0.25, 0.3) is 0 Å². The predicted octanol–water partition coefficient (Wildman–Crippen LogP) is 5.16. The van der Waals surface area contributed by atoms with Crippen LogP contribution in [0.5, 0.6) is 0 Å². The predicted molar refractivity (Wildman–Crippen MR) is 130 cm³/mol. The molecule has 0 aliphatic carbocycles. The van der Waals surface area contributed by atoms with Gasteiger partial charge in [-0.25, -0.2) is 13.1 Å². The Labute approximate surface area is 192 Å². The van der Waals surface area contributed by atoms with Crippen molar-refractivity contribution in [1.29, 1.82) is 0 Å². The van der Waals surface area contributed by atoms with Crippen molar-refractivity contribution >= 4 is 33.2 Å². The standard InChI is InChI=1S/C25H30N2O2S.ClH/c28-30(29,25-15-9-13-22-11-5-6-14-24(22)25)26-17-7-1-2-8-18-27-19-16-21-10-3-4-12-23(21)20-27;/h3-6,9-15,26H,1-2,7-8,16-20H2;1H. The molecule has 1 aliphatic rings. The number of fused-ring (bicyclic) bond motifs is 2. The maximum absolute atomic E-state index is 12.7. The molecule has 0 aromatic heterocycles. The minimum Gasteiger partial charge on any atom is -0.299 e. The zero-order chi connectivity index (χ0) is 20.8. The minimum absolute atomic E-state index is 0. The van der Waals surface area contributed by atoms with E-state index in [-0.39, 0.29) is 12.4 Å². The van der Waals surface area contributed by atoms with Crippen LogP contribution < -0.4 is 4.72 Å². The summed E-state index contributed by atoms with van der Waals surface area (Å²) in [6.07, 6.45) is 5.35. The molecule has 4 rings (SSSR count). The van der Waals surface area contributed by atoms with Gasteiger partial charge in [0.1, 0.15) is 0 Å². The van der Waals surface area contributed by atoms with Crippen molar-refractivity contribution in [3.8, 4) is 0 Å². The number of nitrogens with zero attached hydrogens (tertiary/aromatic N) is 1. The van der Waals surface area contributed by atoms with Gasteiger partial charge in [0.2, 0.25) is 10.0 Å². The van der Waals surface area contributed by atoms with E-state index in [0.717, 1.165) is 62.5 Å². The fraction of sp³-hybridized carbons (Fsp3) is 0.360. The van der Waals surface area contributed by atoms with Gasteiger partial charge >= 0.3 is 0 Å². The Morgan fingerprint density at radius 1 is 0.806 bits per heavy atom. The number of hydrogen-bond donors (Lipinski definition) is 1. The third-order valence-corrected chi connectivity index (χ3v) is 7.46. The molecule has 0 saturated carbocycles. The summed E-state index contributed by atoms with van der Waals surface area (Å²) in [6, 6.07) is 21.8. The van der Waals surface area contributed by atoms with Crippen LogP contribution in [0.3, 0.4) is 0 Å². The summed E-state index contributed by atoms with van der Waals surface area (Å²) in [5.74, 6) is 0. The third-order valence-electron chi connectivity index (χ3n) is 5.94. The second-order valence-electron chi connectivity index (χ2n) is 8.08. The lowest BCUT2D eigenvalue weighted by molar-refractivity contribution is 0.248. The average molecular weight is 459 g/mol. The van der Waals surface area contributed by atoms with Gasteiger partial charge in [-0.05, 0) is 48.4 Å². The van der Waals surface area contributed by atoms with Gasteiger partial charge in [0.15, 0.2) is 0 Å². The summed E-state index contributed by atoms with van der Waals surface area (Å²) in [4.78, 5) is 2.90. The smallest absolute Gasteiger partial charge is 0.241 e. The monoisotopic (exact) mass is 458 g/mol. The molecule has 1 heterocycles. The molecule has 0 fully saturated rings. The van der Waals surface area contributed by atoms with Crippen molar-refractivity contribution < 1.29 is 8.42 Å². The van der Waals surface area contributed by atoms with E-state index in [0.29, 0.717) is 11.4 Å². The first-order chi connectivity index (χ1) is 14.6. The van der Waals surface area contributed by atoms with Gasteiger partial charge in [-0.15, -0.1) is 12.4 Å². The van der Waals surface area contributed by atoms with Crippen molar-refractivity contribution in [2.45, 2.75) is 43.5 Å². The lowest BCUT2D eigenvalue weighted by Gasteiger charge is -2.28. The highest BCUT2D eigenvalue weighted by Crippen LogP contribution is 2.22. The molecule has 6 heteroatoms. The first-order valence-electron chi connectivity index (χ1n) is 10.9. The van der Waals surface area contributed by atoms with Crippen LogP contribution in [0.1, 0.15) is 36.8 Å². The summed E-state index contributed by atoms with van der Waals surface area (Å²) in [7, 11) is -3.48. The fourth-order valence-corrected chi connectivity index (χ4v) is 5.57. The summed E-state index contributed by atoms with van der Waals surface area (Å²) in [5, 5.41) is 1.72. The SMILES string of the molecule is Cl.O=S(=O)(NCCCCCCN1CCc2ccccc2C1)c1cccc2ccccc12. The first-order valence-corrected chi connectivity index (χ1v) is 12.4. The molecule has 166 valence electrons. The number of halogens is 1. The Balaban J connectivity index is 0.00000272. The molecule has 0 atom stereocenters. The van der Waals surface area contributed by atoms with E-state index in [1.165, 1.54) is 11.1 Å². The molecule has 1 N–H and O–H groups in total. The van der Waals surface area contributed by atoms with Gasteiger partial charge in [-0.1, -0.05) is 73.5 Å². The van der Waals surface area contributed by atoms with Gasteiger partial charge in [0, 0.05) is 25.0 Å². The number of sulfonamides is 1. The molecule has 0 radical (unpaired) electrons. The van der Waals surface area contributed by atoms with E-state index in [9.17, 15) is 8.42 Å². The maximum Gasteiger partial charge on any atom is 0.241 e. The number of hydrogen-bond acceptors (Lipinski definition) is 3. The van der Waals surface area contributed by atoms with Crippen molar-refractivity contribution in [3.05, 3.63) is 77.9 Å². The second kappa shape index (κ2) is 11.1. The summed E-state index contributed by atoms with van der Waals surface area (Å²) in [6.45, 7) is 3.81. The quantitative estimate of drug-likeness (QED) is 0.450. The zero-order valence-corrected chi connectivity index (χ0v) is 19.4. The molecule has 0 spiro atoms. The molecule has 0 bridgehead atoms. The van der Waals surface area contributed by atoms with Crippen LogP contribution in [0.25, 0.3) is 10.8 Å². The molecule has 0 amide bonds. The highest BCUT2D eigenvalue weighted by Gasteiger charge is 2.17. The van der Waals surface area contributed by atoms with E-state index >= 15 is 0 Å². The van der Waals surface area contributed by atoms with Crippen LogP contribution in [0, 0.1) is 0 Å². The van der Waals surface area contributed by atoms with Gasteiger partial charge < -0.3 is 0 Å². The molecular weight excluding hydrogens is 428 g/mol. The van der Waals surface area contributed by atoms with E-state index in [1.54, 1.807) is 12.1 Å². The third kappa shape index (κ3) is 6.07. The summed E-state index contributed by atoms with van der Waals surface area (Å²) in [5.41, 5.74) is 2.96. The number of benzene rings is 3. The molecule has 0 unspecified atom stereocenters. The molecule has 4 nitrogen and oxygen atoms in total. The second-order valence-corrected chi connectivity index (χ2v) is 9.82. The topological polar surface area (TPSA) is 49.4 Å². The van der Waals surface area contributed by atoms with Crippen LogP contribution in [-0.2, 0) is 23.0 Å². The number of unbranched alkanes of at least 4 members (excludes halogenated alkanes) is 3. The molecule has 1 aliphatic heterocycles. The normalized spacial score (nSPS) is 14.2. The van der Waals surface area contributed by atoms with Gasteiger partial charge in [-0.3, -0.25) is 4.90 Å². The lowest BCUT2D eigenvalue weighted by Crippen LogP contribution is -2.31. The molecule has 3 aromatic carbocycles. The molecule has 31 heavy (non-hydrogen) atoms. The first kappa shape index (κ1) is 23.7. The largest absolute Gasteiger partial charge is 0.299 e. The van der Waals surface area contributed by atoms with Crippen molar-refractivity contribution in [2.24, 2.45) is 0 Å². The van der Waals surface area contributed by atoms with E-state index in [2.05, 4.69) is 33.9 Å². The van der Waals surface area contributed by atoms with E-state index in [4.69, 9.17) is 0 Å². The number of nitrogens with one attached hydrogen (secondary N) is 1. The van der Waals surface area contributed by atoms with Crippen molar-refractivity contribution in [1.82, 2.24) is 9.62 Å². The zero-order valence-electron chi connectivity index (χ0n) is 17.8. The van der Waals surface area contributed by atoms with Gasteiger partial charge in [-0.2, -0.15) is 0 Å². The van der Waals surface area contributed by atoms with E-state index < -0.39 is 10.0 Å². The Hall–Kier alpha value is -1.92. The van der Waals surface area contributed by atoms with Gasteiger partial charge in [0.05, 0.1) is 4.90 Å². The maximum atomic E-state index is 12.7. The molecule has 0 saturated heterocycles. The Morgan fingerprint density at radius 2 is 1.52 bits per heavy atom. The highest BCUT2D eigenvalue weighted by atomic mass is 35.5. The Kier molecular flexibility index (Phi) is 8.50. The molecule has 3 aromatic rings. The van der Waals surface area contributed by atoms with Crippen molar-refractivity contribution in [3.63, 3.8) is 0 Å². The van der Waals surface area contributed by atoms with Crippen LogP contribution in [0.4, 0.5) is 0 Å². The molecular formula is C25H31ClN2O2S. The summed E-state index contributed by atoms with van der Waals surface area (Å²) >= 11 is 0. The fourth-order valence-electron chi connectivity index (χ4n) is 4.27. The van der Waals surface area contributed by atoms with Crippen LogP contribution in [0.15, 0.2) is 71.6 Å². The average Bonchev–Trinajstić information content (AvgIpc) is 2.78. The summed E-state index contributed by atoms with van der Waals surface area (Å²) < 4.78 is 28.2. The van der Waals surface area contributed by atoms with Crippen molar-refractivity contribution in [2.75, 3.05) is 19.6 Å².